The van der Waals surface area contributed by atoms with E-state index >= 15 is 0 Å². The zero-order valence-corrected chi connectivity index (χ0v) is 13.8. The average Bonchev–Trinajstić information content (AvgIpc) is 3.28. The van der Waals surface area contributed by atoms with Crippen molar-refractivity contribution in [1.82, 2.24) is 20.1 Å². The van der Waals surface area contributed by atoms with Gasteiger partial charge in [0, 0.05) is 7.05 Å². The molecular formula is C19H24N4. The third-order valence-corrected chi connectivity index (χ3v) is 5.52. The van der Waals surface area contributed by atoms with Crippen LogP contribution >= 0.6 is 0 Å². The first-order chi connectivity index (χ1) is 11.2. The molecule has 1 saturated carbocycles. The number of rotatable bonds is 5. The van der Waals surface area contributed by atoms with Gasteiger partial charge in [-0.25, -0.2) is 0 Å². The second-order valence-corrected chi connectivity index (χ2v) is 6.96. The molecule has 0 radical (unpaired) electrons. The number of aromatic nitrogens is 3. The van der Waals surface area contributed by atoms with E-state index in [1.165, 1.54) is 18.4 Å². The molecule has 2 aliphatic carbocycles. The van der Waals surface area contributed by atoms with Gasteiger partial charge in [0.25, 0.3) is 0 Å². The fraction of sp³-hybridized carbons (Fsp3) is 0.474. The third kappa shape index (κ3) is 2.72. The smallest absolute Gasteiger partial charge is 0.154 e. The normalized spacial score (nSPS) is 26.8. The van der Waals surface area contributed by atoms with Crippen molar-refractivity contribution in [3.63, 3.8) is 0 Å². The molecule has 1 fully saturated rings. The number of hydrogen-bond acceptors (Lipinski definition) is 3. The van der Waals surface area contributed by atoms with Gasteiger partial charge in [0.1, 0.15) is 5.82 Å². The molecule has 120 valence electrons. The van der Waals surface area contributed by atoms with E-state index in [4.69, 9.17) is 0 Å². The summed E-state index contributed by atoms with van der Waals surface area (Å²) in [6, 6.07) is 10.7. The molecule has 4 nitrogen and oxygen atoms in total. The van der Waals surface area contributed by atoms with E-state index in [-0.39, 0.29) is 6.04 Å². The van der Waals surface area contributed by atoms with Crippen LogP contribution in [0.25, 0.3) is 0 Å². The van der Waals surface area contributed by atoms with Gasteiger partial charge in [-0.3, -0.25) is 0 Å². The number of hydrogen-bond donors (Lipinski definition) is 1. The zero-order valence-electron chi connectivity index (χ0n) is 13.8. The van der Waals surface area contributed by atoms with E-state index in [1.807, 2.05) is 14.0 Å². The van der Waals surface area contributed by atoms with Crippen molar-refractivity contribution in [3.8, 4) is 0 Å². The molecule has 4 rings (SSSR count). The number of allylic oxidation sites excluding steroid dienone is 2. The topological polar surface area (TPSA) is 42.7 Å². The third-order valence-electron chi connectivity index (χ3n) is 5.52. The summed E-state index contributed by atoms with van der Waals surface area (Å²) < 4.78 is 2.09. The lowest BCUT2D eigenvalue weighted by molar-refractivity contribution is 0.393. The van der Waals surface area contributed by atoms with Crippen molar-refractivity contribution >= 4 is 0 Å². The summed E-state index contributed by atoms with van der Waals surface area (Å²) in [4.78, 5) is 0. The van der Waals surface area contributed by atoms with Crippen LogP contribution in [-0.4, -0.2) is 21.3 Å². The molecule has 0 unspecified atom stereocenters. The van der Waals surface area contributed by atoms with Gasteiger partial charge in [-0.2, -0.15) is 0 Å². The summed E-state index contributed by atoms with van der Waals surface area (Å²) in [5, 5.41) is 12.4. The lowest BCUT2D eigenvalue weighted by Crippen LogP contribution is -2.31. The van der Waals surface area contributed by atoms with Crippen molar-refractivity contribution in [2.24, 2.45) is 24.8 Å². The Kier molecular flexibility index (Phi) is 3.77. The number of benzene rings is 1. The van der Waals surface area contributed by atoms with E-state index in [0.29, 0.717) is 0 Å². The number of aryl methyl sites for hydroxylation is 1. The minimum atomic E-state index is 0.102. The molecule has 2 bridgehead atoms. The highest BCUT2D eigenvalue weighted by Gasteiger charge is 2.35. The molecule has 0 spiro atoms. The molecule has 23 heavy (non-hydrogen) atoms. The zero-order chi connectivity index (χ0) is 15.8. The quantitative estimate of drug-likeness (QED) is 0.864. The standard InChI is InChI=1S/C19H24N4/c1-13-21-22-19(23(13)2)18(15-6-4-3-5-7-15)20-12-17-11-14-8-9-16(17)10-14/h3-9,14,16-18,20H,10-12H2,1-2H3/t14-,16-,17+,18-/m0/s1. The molecule has 1 N–H and O–H groups in total. The average molecular weight is 308 g/mol. The van der Waals surface area contributed by atoms with E-state index in [2.05, 4.69) is 62.6 Å². The van der Waals surface area contributed by atoms with Crippen molar-refractivity contribution in [3.05, 3.63) is 59.7 Å². The van der Waals surface area contributed by atoms with Gasteiger partial charge in [0.15, 0.2) is 5.82 Å². The molecule has 2 aliphatic rings. The van der Waals surface area contributed by atoms with Gasteiger partial charge >= 0.3 is 0 Å². The van der Waals surface area contributed by atoms with Gasteiger partial charge < -0.3 is 9.88 Å². The molecule has 0 amide bonds. The fourth-order valence-electron chi connectivity index (χ4n) is 4.08. The van der Waals surface area contributed by atoms with Crippen LogP contribution in [-0.2, 0) is 7.05 Å². The molecular weight excluding hydrogens is 284 g/mol. The molecule has 1 aromatic carbocycles. The van der Waals surface area contributed by atoms with Gasteiger partial charge in [-0.15, -0.1) is 10.2 Å². The minimum absolute atomic E-state index is 0.102. The molecule has 4 heteroatoms. The predicted molar refractivity (Wildman–Crippen MR) is 90.9 cm³/mol. The van der Waals surface area contributed by atoms with Crippen molar-refractivity contribution in [1.29, 1.82) is 0 Å². The summed E-state index contributed by atoms with van der Waals surface area (Å²) in [5.41, 5.74) is 1.25. The fourth-order valence-corrected chi connectivity index (χ4v) is 4.08. The molecule has 2 aromatic rings. The molecule has 1 heterocycles. The second kappa shape index (κ2) is 5.93. The van der Waals surface area contributed by atoms with Crippen LogP contribution in [0.3, 0.4) is 0 Å². The Morgan fingerprint density at radius 2 is 2.00 bits per heavy atom. The Morgan fingerprint density at radius 1 is 1.17 bits per heavy atom. The predicted octanol–water partition coefficient (Wildman–Crippen LogP) is 3.01. The van der Waals surface area contributed by atoms with Crippen molar-refractivity contribution < 1.29 is 0 Å². The Bertz CT molecular complexity index is 703. The SMILES string of the molecule is Cc1nnc([C@@H](NC[C@H]2C[C@H]3C=C[C@H]2C3)c2ccccc2)n1C. The van der Waals surface area contributed by atoms with Crippen molar-refractivity contribution in [2.75, 3.05) is 6.54 Å². The lowest BCUT2D eigenvalue weighted by Gasteiger charge is -2.24. The van der Waals surface area contributed by atoms with Crippen LogP contribution in [0.4, 0.5) is 0 Å². The van der Waals surface area contributed by atoms with E-state index in [1.54, 1.807) is 0 Å². The number of nitrogens with one attached hydrogen (secondary N) is 1. The highest BCUT2D eigenvalue weighted by Crippen LogP contribution is 2.43. The maximum Gasteiger partial charge on any atom is 0.154 e. The van der Waals surface area contributed by atoms with Crippen LogP contribution < -0.4 is 5.32 Å². The van der Waals surface area contributed by atoms with Gasteiger partial charge in [-0.05, 0) is 49.6 Å². The summed E-state index contributed by atoms with van der Waals surface area (Å²) in [6.45, 7) is 3.04. The van der Waals surface area contributed by atoms with Gasteiger partial charge in [0.2, 0.25) is 0 Å². The Balaban J connectivity index is 1.56. The summed E-state index contributed by atoms with van der Waals surface area (Å²) in [7, 11) is 2.04. The number of nitrogens with zero attached hydrogens (tertiary/aromatic N) is 3. The Morgan fingerprint density at radius 3 is 2.61 bits per heavy atom. The maximum absolute atomic E-state index is 4.42. The largest absolute Gasteiger partial charge is 0.317 e. The maximum atomic E-state index is 4.42. The first-order valence-corrected chi connectivity index (χ1v) is 8.55. The van der Waals surface area contributed by atoms with Crippen LogP contribution in [0.1, 0.15) is 36.1 Å². The van der Waals surface area contributed by atoms with Gasteiger partial charge in [-0.1, -0.05) is 42.5 Å². The molecule has 4 atom stereocenters. The van der Waals surface area contributed by atoms with Gasteiger partial charge in [0.05, 0.1) is 6.04 Å². The highest BCUT2D eigenvalue weighted by molar-refractivity contribution is 5.25. The highest BCUT2D eigenvalue weighted by atomic mass is 15.3. The first-order valence-electron chi connectivity index (χ1n) is 8.55. The van der Waals surface area contributed by atoms with E-state index < -0.39 is 0 Å². The Hall–Kier alpha value is -1.94. The van der Waals surface area contributed by atoms with Crippen LogP contribution in [0.2, 0.25) is 0 Å². The molecule has 0 saturated heterocycles. The van der Waals surface area contributed by atoms with Crippen molar-refractivity contribution in [2.45, 2.75) is 25.8 Å². The summed E-state index contributed by atoms with van der Waals surface area (Å²) in [5.74, 6) is 4.28. The Labute approximate surface area is 137 Å². The lowest BCUT2D eigenvalue weighted by atomic mass is 9.93. The molecule has 0 aliphatic heterocycles. The van der Waals surface area contributed by atoms with Crippen LogP contribution in [0.5, 0.6) is 0 Å². The summed E-state index contributed by atoms with van der Waals surface area (Å²) >= 11 is 0. The molecule has 1 aromatic heterocycles. The minimum Gasteiger partial charge on any atom is -0.317 e. The van der Waals surface area contributed by atoms with E-state index in [9.17, 15) is 0 Å². The second-order valence-electron chi connectivity index (χ2n) is 6.96. The monoisotopic (exact) mass is 308 g/mol. The number of fused-ring (bicyclic) bond motifs is 2. The first kappa shape index (κ1) is 14.6. The summed E-state index contributed by atoms with van der Waals surface area (Å²) in [6.07, 6.45) is 7.51. The van der Waals surface area contributed by atoms with E-state index in [0.717, 1.165) is 35.9 Å². The van der Waals surface area contributed by atoms with Crippen LogP contribution in [0, 0.1) is 24.7 Å². The van der Waals surface area contributed by atoms with Crippen LogP contribution in [0.15, 0.2) is 42.5 Å².